The lowest BCUT2D eigenvalue weighted by molar-refractivity contribution is 1.03. The number of hydrogen-bond donors (Lipinski definition) is 1. The topological polar surface area (TPSA) is 26.0 Å². The summed E-state index contributed by atoms with van der Waals surface area (Å²) in [4.78, 5) is 0. The molecule has 0 amide bonds. The second kappa shape index (κ2) is 5.43. The zero-order valence-corrected chi connectivity index (χ0v) is 10.2. The van der Waals surface area contributed by atoms with Crippen molar-refractivity contribution in [1.82, 2.24) is 0 Å². The molecule has 0 saturated carbocycles. The van der Waals surface area contributed by atoms with Gasteiger partial charge in [0.25, 0.3) is 0 Å². The summed E-state index contributed by atoms with van der Waals surface area (Å²) in [5.74, 6) is 6.04. The molecule has 0 spiro atoms. The molecule has 0 radical (unpaired) electrons. The van der Waals surface area contributed by atoms with Crippen LogP contribution in [0.15, 0.2) is 27.1 Å². The first kappa shape index (κ1) is 10.8. The Bertz CT molecular complexity index is 350. The lowest BCUT2D eigenvalue weighted by atomic mass is 10.2. The van der Waals surface area contributed by atoms with Gasteiger partial charge in [0.05, 0.1) is 0 Å². The summed E-state index contributed by atoms with van der Waals surface area (Å²) in [7, 11) is 0. The lowest BCUT2D eigenvalue weighted by Crippen LogP contribution is -1.95. The molecule has 0 aliphatic carbocycles. The Labute approximate surface area is 95.0 Å². The molecule has 0 heterocycles. The van der Waals surface area contributed by atoms with Gasteiger partial charge in [0.15, 0.2) is 0 Å². The van der Waals surface area contributed by atoms with Crippen LogP contribution in [0.5, 0.6) is 0 Å². The van der Waals surface area contributed by atoms with Crippen molar-refractivity contribution >= 4 is 31.9 Å². The molecule has 2 N–H and O–H groups in total. The van der Waals surface area contributed by atoms with Crippen molar-refractivity contribution in [2.24, 2.45) is 5.73 Å². The lowest BCUT2D eigenvalue weighted by Gasteiger charge is -1.96. The van der Waals surface area contributed by atoms with Gasteiger partial charge in [0.1, 0.15) is 0 Å². The first-order valence-electron chi connectivity index (χ1n) is 3.88. The Morgan fingerprint density at radius 1 is 1.31 bits per heavy atom. The van der Waals surface area contributed by atoms with Crippen LogP contribution in [0.3, 0.4) is 0 Å². The second-order valence-corrected chi connectivity index (χ2v) is 4.23. The van der Waals surface area contributed by atoms with E-state index >= 15 is 0 Å². The molecule has 1 aromatic rings. The van der Waals surface area contributed by atoms with E-state index in [4.69, 9.17) is 5.73 Å². The Morgan fingerprint density at radius 3 is 2.77 bits per heavy atom. The van der Waals surface area contributed by atoms with E-state index in [2.05, 4.69) is 43.7 Å². The van der Waals surface area contributed by atoms with Gasteiger partial charge in [-0.1, -0.05) is 27.8 Å². The normalized spacial score (nSPS) is 9.15. The van der Waals surface area contributed by atoms with Gasteiger partial charge in [-0.3, -0.25) is 0 Å². The summed E-state index contributed by atoms with van der Waals surface area (Å²) >= 11 is 6.82. The maximum absolute atomic E-state index is 5.34. The molecule has 0 unspecified atom stereocenters. The molecule has 1 aromatic carbocycles. The zero-order valence-electron chi connectivity index (χ0n) is 6.98. The van der Waals surface area contributed by atoms with Crippen LogP contribution in [0.1, 0.15) is 12.0 Å². The van der Waals surface area contributed by atoms with Crippen LogP contribution in [-0.2, 0) is 0 Å². The molecule has 0 aromatic heterocycles. The highest BCUT2D eigenvalue weighted by molar-refractivity contribution is 9.11. The van der Waals surface area contributed by atoms with Crippen molar-refractivity contribution in [1.29, 1.82) is 0 Å². The van der Waals surface area contributed by atoms with E-state index in [1.807, 2.05) is 18.2 Å². The van der Waals surface area contributed by atoms with Gasteiger partial charge in [-0.05, 0) is 34.1 Å². The number of nitrogens with two attached hydrogens (primary N) is 1. The van der Waals surface area contributed by atoms with Crippen molar-refractivity contribution in [3.8, 4) is 11.8 Å². The van der Waals surface area contributed by atoms with E-state index < -0.39 is 0 Å². The monoisotopic (exact) mass is 301 g/mol. The molecule has 1 nitrogen and oxygen atoms in total. The van der Waals surface area contributed by atoms with Crippen molar-refractivity contribution in [2.45, 2.75) is 6.42 Å². The first-order chi connectivity index (χ1) is 6.24. The second-order valence-electron chi connectivity index (χ2n) is 2.46. The summed E-state index contributed by atoms with van der Waals surface area (Å²) in [5.41, 5.74) is 6.33. The highest BCUT2D eigenvalue weighted by Crippen LogP contribution is 2.20. The summed E-state index contributed by atoms with van der Waals surface area (Å²) in [6, 6.07) is 5.92. The average Bonchev–Trinajstić information content (AvgIpc) is 2.11. The highest BCUT2D eigenvalue weighted by atomic mass is 79.9. The molecular weight excluding hydrogens is 294 g/mol. The largest absolute Gasteiger partial charge is 0.330 e. The fourth-order valence-corrected chi connectivity index (χ4v) is 1.53. The Balaban J connectivity index is 2.89. The van der Waals surface area contributed by atoms with Gasteiger partial charge in [0.2, 0.25) is 0 Å². The van der Waals surface area contributed by atoms with Crippen LogP contribution < -0.4 is 5.73 Å². The molecule has 13 heavy (non-hydrogen) atoms. The Kier molecular flexibility index (Phi) is 4.51. The van der Waals surface area contributed by atoms with Crippen molar-refractivity contribution in [3.05, 3.63) is 32.7 Å². The van der Waals surface area contributed by atoms with Gasteiger partial charge >= 0.3 is 0 Å². The Hall–Kier alpha value is -0.300. The van der Waals surface area contributed by atoms with Crippen molar-refractivity contribution < 1.29 is 0 Å². The van der Waals surface area contributed by atoms with Crippen molar-refractivity contribution in [2.75, 3.05) is 6.54 Å². The number of benzene rings is 1. The van der Waals surface area contributed by atoms with Gasteiger partial charge in [-0.15, -0.1) is 0 Å². The summed E-state index contributed by atoms with van der Waals surface area (Å²) in [5, 5.41) is 0. The van der Waals surface area contributed by atoms with Gasteiger partial charge < -0.3 is 5.73 Å². The number of hydrogen-bond acceptors (Lipinski definition) is 1. The van der Waals surface area contributed by atoms with Crippen LogP contribution in [0, 0.1) is 11.8 Å². The molecule has 3 heteroatoms. The quantitative estimate of drug-likeness (QED) is 0.793. The van der Waals surface area contributed by atoms with Gasteiger partial charge in [-0.2, -0.15) is 0 Å². The van der Waals surface area contributed by atoms with E-state index in [0.717, 1.165) is 20.9 Å². The van der Waals surface area contributed by atoms with E-state index in [1.165, 1.54) is 0 Å². The maximum Gasteiger partial charge on any atom is 0.0398 e. The summed E-state index contributed by atoms with van der Waals surface area (Å²) in [6.45, 7) is 0.610. The van der Waals surface area contributed by atoms with Gasteiger partial charge in [0, 0.05) is 27.5 Å². The van der Waals surface area contributed by atoms with Crippen LogP contribution in [0.2, 0.25) is 0 Å². The van der Waals surface area contributed by atoms with E-state index in [-0.39, 0.29) is 0 Å². The van der Waals surface area contributed by atoms with E-state index in [0.29, 0.717) is 6.54 Å². The predicted molar refractivity (Wildman–Crippen MR) is 62.4 cm³/mol. The number of rotatable bonds is 1. The molecule has 0 aliphatic rings. The minimum Gasteiger partial charge on any atom is -0.330 e. The Morgan fingerprint density at radius 2 is 2.08 bits per heavy atom. The van der Waals surface area contributed by atoms with Crippen LogP contribution in [0.25, 0.3) is 0 Å². The molecule has 0 atom stereocenters. The van der Waals surface area contributed by atoms with Crippen molar-refractivity contribution in [3.63, 3.8) is 0 Å². The van der Waals surface area contributed by atoms with Crippen LogP contribution in [-0.4, -0.2) is 6.54 Å². The molecule has 0 bridgehead atoms. The van der Waals surface area contributed by atoms with Crippen LogP contribution >= 0.6 is 31.9 Å². The fraction of sp³-hybridized carbons (Fsp3) is 0.200. The molecule has 68 valence electrons. The molecule has 0 aliphatic heterocycles. The maximum atomic E-state index is 5.34. The minimum absolute atomic E-state index is 0.610. The third-order valence-corrected chi connectivity index (χ3v) is 2.61. The smallest absolute Gasteiger partial charge is 0.0398 e. The summed E-state index contributed by atoms with van der Waals surface area (Å²) in [6.07, 6.45) is 0.735. The van der Waals surface area contributed by atoms with Gasteiger partial charge in [-0.25, -0.2) is 0 Å². The standard InChI is InChI=1S/C10H9Br2N/c11-9-4-5-10(12)8(7-9)3-1-2-6-13/h4-5,7H,2,6,13H2. The third kappa shape index (κ3) is 3.51. The molecule has 0 fully saturated rings. The van der Waals surface area contributed by atoms with Crippen LogP contribution in [0.4, 0.5) is 0 Å². The molecular formula is C10H9Br2N. The number of halogens is 2. The SMILES string of the molecule is NCCC#Cc1cc(Br)ccc1Br. The first-order valence-corrected chi connectivity index (χ1v) is 5.46. The minimum atomic E-state index is 0.610. The molecule has 0 saturated heterocycles. The highest BCUT2D eigenvalue weighted by Gasteiger charge is 1.95. The van der Waals surface area contributed by atoms with E-state index in [1.54, 1.807) is 0 Å². The predicted octanol–water partition coefficient (Wildman–Crippen LogP) is 2.91. The van der Waals surface area contributed by atoms with E-state index in [9.17, 15) is 0 Å². The summed E-state index contributed by atoms with van der Waals surface area (Å²) < 4.78 is 2.05. The fourth-order valence-electron chi connectivity index (χ4n) is 0.823. The third-order valence-electron chi connectivity index (χ3n) is 1.42. The zero-order chi connectivity index (χ0) is 9.68. The average molecular weight is 303 g/mol. The molecule has 1 rings (SSSR count).